The van der Waals surface area contributed by atoms with E-state index in [1.807, 2.05) is 6.92 Å². The maximum absolute atomic E-state index is 13.6. The van der Waals surface area contributed by atoms with Gasteiger partial charge in [0.1, 0.15) is 18.3 Å². The summed E-state index contributed by atoms with van der Waals surface area (Å²) in [5.74, 6) is -0.248. The van der Waals surface area contributed by atoms with Crippen LogP contribution in [0.4, 0.5) is 5.69 Å². The molecule has 0 fully saturated rings. The van der Waals surface area contributed by atoms with E-state index in [1.54, 1.807) is 55.5 Å². The first-order valence-electron chi connectivity index (χ1n) is 11.0. The maximum Gasteiger partial charge on any atom is 0.244 e. The van der Waals surface area contributed by atoms with Gasteiger partial charge in [-0.15, -0.1) is 0 Å². The second-order valence-electron chi connectivity index (χ2n) is 7.80. The molecular formula is C24H32ClN3O5S. The van der Waals surface area contributed by atoms with E-state index in [-0.39, 0.29) is 12.5 Å². The molecule has 0 saturated carbocycles. The largest absolute Gasteiger partial charge is 0.497 e. The molecule has 2 amide bonds. The van der Waals surface area contributed by atoms with Crippen molar-refractivity contribution >= 4 is 39.1 Å². The summed E-state index contributed by atoms with van der Waals surface area (Å²) in [4.78, 5) is 27.9. The Morgan fingerprint density at radius 1 is 1.09 bits per heavy atom. The number of benzene rings is 2. The smallest absolute Gasteiger partial charge is 0.244 e. The number of ether oxygens (including phenoxy) is 1. The minimum absolute atomic E-state index is 0.0662. The zero-order valence-corrected chi connectivity index (χ0v) is 21.5. The van der Waals surface area contributed by atoms with Crippen molar-refractivity contribution in [2.75, 3.05) is 30.8 Å². The highest BCUT2D eigenvalue weighted by atomic mass is 35.5. The van der Waals surface area contributed by atoms with Crippen molar-refractivity contribution in [3.05, 3.63) is 59.1 Å². The molecule has 1 N–H and O–H groups in total. The zero-order valence-electron chi connectivity index (χ0n) is 20.0. The summed E-state index contributed by atoms with van der Waals surface area (Å²) < 4.78 is 31.3. The predicted octanol–water partition coefficient (Wildman–Crippen LogP) is 3.45. The number of amides is 2. The summed E-state index contributed by atoms with van der Waals surface area (Å²) >= 11 is 6.33. The van der Waals surface area contributed by atoms with Crippen LogP contribution in [0.5, 0.6) is 5.75 Å². The van der Waals surface area contributed by atoms with E-state index in [4.69, 9.17) is 16.3 Å². The third kappa shape index (κ3) is 7.36. The van der Waals surface area contributed by atoms with Crippen LogP contribution < -0.4 is 14.4 Å². The van der Waals surface area contributed by atoms with Crippen molar-refractivity contribution in [2.45, 2.75) is 39.3 Å². The van der Waals surface area contributed by atoms with E-state index in [2.05, 4.69) is 5.32 Å². The monoisotopic (exact) mass is 509 g/mol. The van der Waals surface area contributed by atoms with E-state index in [1.165, 1.54) is 12.0 Å². The molecule has 0 aliphatic heterocycles. The second kappa shape index (κ2) is 12.6. The molecule has 1 atom stereocenters. The maximum atomic E-state index is 13.6. The second-order valence-corrected chi connectivity index (χ2v) is 10.1. The Balaban J connectivity index is 2.42. The number of halogens is 1. The predicted molar refractivity (Wildman–Crippen MR) is 135 cm³/mol. The molecule has 186 valence electrons. The number of nitrogens with zero attached hydrogens (tertiary/aromatic N) is 2. The molecule has 2 aromatic rings. The van der Waals surface area contributed by atoms with Gasteiger partial charge in [-0.05, 0) is 48.7 Å². The Bertz CT molecular complexity index is 1080. The molecular weight excluding hydrogens is 478 g/mol. The molecule has 0 spiro atoms. The third-order valence-corrected chi connectivity index (χ3v) is 6.78. The van der Waals surface area contributed by atoms with Crippen molar-refractivity contribution < 1.29 is 22.7 Å². The van der Waals surface area contributed by atoms with Crippen molar-refractivity contribution in [1.29, 1.82) is 0 Å². The van der Waals surface area contributed by atoms with Gasteiger partial charge in [-0.2, -0.15) is 0 Å². The third-order valence-electron chi connectivity index (χ3n) is 5.27. The standard InChI is InChI=1S/C24H32ClN3O5S/c1-5-15-26-24(30)22(6-2)27(16-18-9-7-8-10-21(18)25)23(29)17-28(34(4,31)32)19-11-13-20(33-3)14-12-19/h7-14,22H,5-6,15-17H2,1-4H3,(H,26,30)/t22-/m0/s1. The van der Waals surface area contributed by atoms with Crippen LogP contribution in [0, 0.1) is 0 Å². The minimum Gasteiger partial charge on any atom is -0.497 e. The lowest BCUT2D eigenvalue weighted by Crippen LogP contribution is -2.52. The fourth-order valence-electron chi connectivity index (χ4n) is 3.46. The Morgan fingerprint density at radius 3 is 2.26 bits per heavy atom. The van der Waals surface area contributed by atoms with E-state index in [0.29, 0.717) is 35.0 Å². The van der Waals surface area contributed by atoms with Crippen LogP contribution in [0.25, 0.3) is 0 Å². The molecule has 0 radical (unpaired) electrons. The van der Waals surface area contributed by atoms with Gasteiger partial charge in [0, 0.05) is 18.1 Å². The van der Waals surface area contributed by atoms with Gasteiger partial charge in [0.25, 0.3) is 0 Å². The van der Waals surface area contributed by atoms with Crippen LogP contribution in [0.1, 0.15) is 32.3 Å². The van der Waals surface area contributed by atoms with E-state index < -0.39 is 28.5 Å². The van der Waals surface area contributed by atoms with Crippen LogP contribution in [-0.4, -0.2) is 57.6 Å². The average molecular weight is 510 g/mol. The summed E-state index contributed by atoms with van der Waals surface area (Å²) in [6, 6.07) is 12.6. The van der Waals surface area contributed by atoms with Crippen molar-refractivity contribution in [3.8, 4) is 5.75 Å². The summed E-state index contributed by atoms with van der Waals surface area (Å²) in [7, 11) is -2.29. The van der Waals surface area contributed by atoms with Gasteiger partial charge in [0.15, 0.2) is 0 Å². The summed E-state index contributed by atoms with van der Waals surface area (Å²) in [6.07, 6.45) is 2.14. The van der Waals surface area contributed by atoms with Crippen LogP contribution >= 0.6 is 11.6 Å². The first kappa shape index (κ1) is 27.5. The molecule has 0 bridgehead atoms. The molecule has 2 aromatic carbocycles. The number of sulfonamides is 1. The van der Waals surface area contributed by atoms with Gasteiger partial charge in [-0.3, -0.25) is 13.9 Å². The molecule has 0 aromatic heterocycles. The van der Waals surface area contributed by atoms with Gasteiger partial charge in [0.05, 0.1) is 19.1 Å². The molecule has 0 aliphatic rings. The molecule has 34 heavy (non-hydrogen) atoms. The Labute approximate surface area is 206 Å². The van der Waals surface area contributed by atoms with E-state index >= 15 is 0 Å². The van der Waals surface area contributed by atoms with Gasteiger partial charge in [-0.25, -0.2) is 8.42 Å². The fraction of sp³-hybridized carbons (Fsp3) is 0.417. The molecule has 0 unspecified atom stereocenters. The van der Waals surface area contributed by atoms with Gasteiger partial charge < -0.3 is 15.0 Å². The number of hydrogen-bond acceptors (Lipinski definition) is 5. The van der Waals surface area contributed by atoms with E-state index in [0.717, 1.165) is 17.0 Å². The number of nitrogens with one attached hydrogen (secondary N) is 1. The zero-order chi connectivity index (χ0) is 25.3. The number of carbonyl (C=O) groups is 2. The fourth-order valence-corrected chi connectivity index (χ4v) is 4.50. The summed E-state index contributed by atoms with van der Waals surface area (Å²) in [5.41, 5.74) is 0.979. The molecule has 10 heteroatoms. The van der Waals surface area contributed by atoms with Crippen LogP contribution in [0.3, 0.4) is 0 Å². The number of carbonyl (C=O) groups excluding carboxylic acids is 2. The summed E-state index contributed by atoms with van der Waals surface area (Å²) in [5, 5.41) is 3.29. The Morgan fingerprint density at radius 2 is 1.74 bits per heavy atom. The lowest BCUT2D eigenvalue weighted by Gasteiger charge is -2.33. The molecule has 8 nitrogen and oxygen atoms in total. The number of anilines is 1. The SMILES string of the molecule is CCCNC(=O)[C@H](CC)N(Cc1ccccc1Cl)C(=O)CN(c1ccc(OC)cc1)S(C)(=O)=O. The number of hydrogen-bond donors (Lipinski definition) is 1. The molecule has 0 saturated heterocycles. The molecule has 2 rings (SSSR count). The Hall–Kier alpha value is -2.78. The summed E-state index contributed by atoms with van der Waals surface area (Å²) in [6.45, 7) is 3.82. The minimum atomic E-state index is -3.80. The Kier molecular flexibility index (Phi) is 10.2. The highest BCUT2D eigenvalue weighted by Gasteiger charge is 2.31. The van der Waals surface area contributed by atoms with Crippen molar-refractivity contribution in [3.63, 3.8) is 0 Å². The lowest BCUT2D eigenvalue weighted by atomic mass is 10.1. The lowest BCUT2D eigenvalue weighted by molar-refractivity contribution is -0.140. The van der Waals surface area contributed by atoms with Gasteiger partial charge >= 0.3 is 0 Å². The first-order valence-corrected chi connectivity index (χ1v) is 13.3. The normalized spacial score (nSPS) is 12.0. The van der Waals surface area contributed by atoms with Crippen molar-refractivity contribution in [1.82, 2.24) is 10.2 Å². The molecule has 0 heterocycles. The van der Waals surface area contributed by atoms with Crippen LogP contribution in [0.15, 0.2) is 48.5 Å². The van der Waals surface area contributed by atoms with Gasteiger partial charge in [-0.1, -0.05) is 43.6 Å². The van der Waals surface area contributed by atoms with Crippen molar-refractivity contribution in [2.24, 2.45) is 0 Å². The number of methoxy groups -OCH3 is 1. The first-order chi connectivity index (χ1) is 16.1. The van der Waals surface area contributed by atoms with E-state index in [9.17, 15) is 18.0 Å². The highest BCUT2D eigenvalue weighted by Crippen LogP contribution is 2.24. The molecule has 0 aliphatic carbocycles. The quantitative estimate of drug-likeness (QED) is 0.472. The van der Waals surface area contributed by atoms with Crippen LogP contribution in [0.2, 0.25) is 5.02 Å². The topological polar surface area (TPSA) is 96.0 Å². The highest BCUT2D eigenvalue weighted by molar-refractivity contribution is 7.92. The van der Waals surface area contributed by atoms with Crippen LogP contribution in [-0.2, 0) is 26.2 Å². The number of rotatable bonds is 12. The van der Waals surface area contributed by atoms with Gasteiger partial charge in [0.2, 0.25) is 21.8 Å². The average Bonchev–Trinajstić information content (AvgIpc) is 2.81.